The molecule has 0 saturated heterocycles. The second-order valence-electron chi connectivity index (χ2n) is 5.39. The van der Waals surface area contributed by atoms with Crippen molar-refractivity contribution in [3.63, 3.8) is 0 Å². The molecule has 3 atom stereocenters. The summed E-state index contributed by atoms with van der Waals surface area (Å²) in [5, 5.41) is 10.5. The third-order valence-corrected chi connectivity index (χ3v) is 4.60. The molecule has 0 radical (unpaired) electrons. The molecule has 2 saturated carbocycles. The van der Waals surface area contributed by atoms with E-state index < -0.39 is 0 Å². The zero-order chi connectivity index (χ0) is 12.7. The van der Waals surface area contributed by atoms with Crippen molar-refractivity contribution < 1.29 is 14.6 Å². The van der Waals surface area contributed by atoms with Crippen LogP contribution in [0.25, 0.3) is 0 Å². The first-order valence-electron chi connectivity index (χ1n) is 6.66. The Hall–Kier alpha value is -1.22. The number of aliphatic hydroxyl groups excluding tert-OH is 1. The van der Waals surface area contributed by atoms with Crippen LogP contribution in [-0.2, 0) is 0 Å². The number of fused-ring (bicyclic) bond motifs is 1. The van der Waals surface area contributed by atoms with E-state index in [9.17, 15) is 5.11 Å². The molecule has 1 aromatic carbocycles. The monoisotopic (exact) mass is 248 g/mol. The number of rotatable bonds is 4. The van der Waals surface area contributed by atoms with Crippen LogP contribution in [0.1, 0.15) is 30.9 Å². The first-order chi connectivity index (χ1) is 8.76. The van der Waals surface area contributed by atoms with E-state index in [0.717, 1.165) is 28.9 Å². The van der Waals surface area contributed by atoms with Crippen molar-refractivity contribution in [2.45, 2.75) is 25.4 Å². The fourth-order valence-electron chi connectivity index (χ4n) is 3.62. The Kier molecular flexibility index (Phi) is 2.94. The van der Waals surface area contributed by atoms with Crippen LogP contribution in [0.4, 0.5) is 0 Å². The molecule has 2 aliphatic carbocycles. The van der Waals surface area contributed by atoms with Gasteiger partial charge in [0, 0.05) is 11.6 Å². The minimum atomic E-state index is -0.388. The van der Waals surface area contributed by atoms with Crippen molar-refractivity contribution in [3.8, 4) is 11.5 Å². The summed E-state index contributed by atoms with van der Waals surface area (Å²) in [4.78, 5) is 0. The lowest BCUT2D eigenvalue weighted by atomic mass is 9.98. The van der Waals surface area contributed by atoms with Crippen molar-refractivity contribution in [2.24, 2.45) is 17.8 Å². The summed E-state index contributed by atoms with van der Waals surface area (Å²) in [7, 11) is 3.27. The van der Waals surface area contributed by atoms with Gasteiger partial charge >= 0.3 is 0 Å². The van der Waals surface area contributed by atoms with Crippen LogP contribution in [0.15, 0.2) is 18.2 Å². The van der Waals surface area contributed by atoms with E-state index >= 15 is 0 Å². The Bertz CT molecular complexity index is 433. The Morgan fingerprint density at radius 3 is 2.50 bits per heavy atom. The number of hydrogen-bond acceptors (Lipinski definition) is 3. The van der Waals surface area contributed by atoms with Crippen LogP contribution in [0, 0.1) is 17.8 Å². The van der Waals surface area contributed by atoms with E-state index in [4.69, 9.17) is 9.47 Å². The fraction of sp³-hybridized carbons (Fsp3) is 0.600. The highest BCUT2D eigenvalue weighted by molar-refractivity contribution is 5.42. The number of methoxy groups -OCH3 is 2. The van der Waals surface area contributed by atoms with Crippen LogP contribution < -0.4 is 9.47 Å². The molecular formula is C15H20O3. The summed E-state index contributed by atoms with van der Waals surface area (Å²) in [5.41, 5.74) is 0.901. The average Bonchev–Trinajstić information content (AvgIpc) is 2.89. The highest BCUT2D eigenvalue weighted by Gasteiger charge is 2.56. The molecular weight excluding hydrogens is 228 g/mol. The van der Waals surface area contributed by atoms with Gasteiger partial charge in [-0.1, -0.05) is 6.42 Å². The molecule has 98 valence electrons. The average molecular weight is 248 g/mol. The molecule has 2 fully saturated rings. The van der Waals surface area contributed by atoms with Gasteiger partial charge in [-0.15, -0.1) is 0 Å². The molecule has 0 bridgehead atoms. The van der Waals surface area contributed by atoms with Gasteiger partial charge < -0.3 is 14.6 Å². The number of ether oxygens (including phenoxy) is 2. The molecule has 18 heavy (non-hydrogen) atoms. The molecule has 2 aliphatic rings. The Balaban J connectivity index is 1.83. The molecule has 0 spiro atoms. The molecule has 0 aromatic heterocycles. The molecule has 3 rings (SSSR count). The topological polar surface area (TPSA) is 38.7 Å². The molecule has 1 aromatic rings. The predicted molar refractivity (Wildman–Crippen MR) is 68.8 cm³/mol. The van der Waals surface area contributed by atoms with E-state index in [2.05, 4.69) is 0 Å². The Labute approximate surface area is 108 Å². The second-order valence-corrected chi connectivity index (χ2v) is 5.39. The molecule has 3 nitrogen and oxygen atoms in total. The van der Waals surface area contributed by atoms with Crippen LogP contribution in [-0.4, -0.2) is 19.3 Å². The molecule has 0 amide bonds. The zero-order valence-electron chi connectivity index (χ0n) is 10.9. The fourth-order valence-corrected chi connectivity index (χ4v) is 3.62. The minimum Gasteiger partial charge on any atom is -0.497 e. The maximum Gasteiger partial charge on any atom is 0.128 e. The van der Waals surface area contributed by atoms with E-state index in [0.29, 0.717) is 5.92 Å². The smallest absolute Gasteiger partial charge is 0.128 e. The SMILES string of the molecule is COc1ccc(C(O)C2C3CCCC32)c(OC)c1. The maximum atomic E-state index is 10.5. The summed E-state index contributed by atoms with van der Waals surface area (Å²) >= 11 is 0. The van der Waals surface area contributed by atoms with Crippen molar-refractivity contribution in [2.75, 3.05) is 14.2 Å². The lowest BCUT2D eigenvalue weighted by molar-refractivity contribution is 0.133. The molecule has 3 unspecified atom stereocenters. The molecule has 1 N–H and O–H groups in total. The van der Waals surface area contributed by atoms with Gasteiger partial charge in [-0.05, 0) is 42.7 Å². The van der Waals surface area contributed by atoms with Gasteiger partial charge in [0.2, 0.25) is 0 Å². The van der Waals surface area contributed by atoms with Crippen molar-refractivity contribution >= 4 is 0 Å². The van der Waals surface area contributed by atoms with Crippen molar-refractivity contribution in [1.82, 2.24) is 0 Å². The lowest BCUT2D eigenvalue weighted by Gasteiger charge is -2.17. The summed E-state index contributed by atoms with van der Waals surface area (Å²) in [6.07, 6.45) is 3.51. The summed E-state index contributed by atoms with van der Waals surface area (Å²) < 4.78 is 10.5. The molecule has 0 heterocycles. The summed E-state index contributed by atoms with van der Waals surface area (Å²) in [5.74, 6) is 3.42. The maximum absolute atomic E-state index is 10.5. The normalized spacial score (nSPS) is 30.7. The summed E-state index contributed by atoms with van der Waals surface area (Å²) in [6, 6.07) is 5.66. The van der Waals surface area contributed by atoms with Gasteiger partial charge in [0.25, 0.3) is 0 Å². The first kappa shape index (κ1) is 11.8. The van der Waals surface area contributed by atoms with Crippen molar-refractivity contribution in [1.29, 1.82) is 0 Å². The van der Waals surface area contributed by atoms with Crippen molar-refractivity contribution in [3.05, 3.63) is 23.8 Å². The Morgan fingerprint density at radius 1 is 1.17 bits per heavy atom. The third kappa shape index (κ3) is 1.77. The highest BCUT2D eigenvalue weighted by atomic mass is 16.5. The first-order valence-corrected chi connectivity index (χ1v) is 6.66. The number of aliphatic hydroxyl groups is 1. The quantitative estimate of drug-likeness (QED) is 0.890. The van der Waals surface area contributed by atoms with Crippen LogP contribution in [0.3, 0.4) is 0 Å². The molecule has 3 heteroatoms. The number of benzene rings is 1. The van der Waals surface area contributed by atoms with Crippen LogP contribution in [0.2, 0.25) is 0 Å². The standard InChI is InChI=1S/C15H20O3/c1-17-9-6-7-12(13(8-9)18-2)15(16)14-10-4-3-5-11(10)14/h6-8,10-11,14-16H,3-5H2,1-2H3. The van der Waals surface area contributed by atoms with Gasteiger partial charge in [0.05, 0.1) is 20.3 Å². The lowest BCUT2D eigenvalue weighted by Crippen LogP contribution is -2.06. The van der Waals surface area contributed by atoms with Gasteiger partial charge in [-0.25, -0.2) is 0 Å². The van der Waals surface area contributed by atoms with Gasteiger partial charge in [0.15, 0.2) is 0 Å². The van der Waals surface area contributed by atoms with Gasteiger partial charge in [0.1, 0.15) is 11.5 Å². The molecule has 0 aliphatic heterocycles. The summed E-state index contributed by atoms with van der Waals surface area (Å²) in [6.45, 7) is 0. The van der Waals surface area contributed by atoms with E-state index in [-0.39, 0.29) is 6.10 Å². The van der Waals surface area contributed by atoms with E-state index in [1.165, 1.54) is 19.3 Å². The number of hydrogen-bond donors (Lipinski definition) is 1. The van der Waals surface area contributed by atoms with Gasteiger partial charge in [-0.3, -0.25) is 0 Å². The van der Waals surface area contributed by atoms with Gasteiger partial charge in [-0.2, -0.15) is 0 Å². The predicted octanol–water partition coefficient (Wildman–Crippen LogP) is 2.78. The second kappa shape index (κ2) is 4.47. The third-order valence-electron chi connectivity index (χ3n) is 4.60. The van der Waals surface area contributed by atoms with E-state index in [1.807, 2.05) is 18.2 Å². The van der Waals surface area contributed by atoms with Crippen LogP contribution in [0.5, 0.6) is 11.5 Å². The van der Waals surface area contributed by atoms with E-state index in [1.54, 1.807) is 14.2 Å². The van der Waals surface area contributed by atoms with Crippen LogP contribution >= 0.6 is 0 Å². The zero-order valence-corrected chi connectivity index (χ0v) is 10.9. The Morgan fingerprint density at radius 2 is 1.89 bits per heavy atom. The largest absolute Gasteiger partial charge is 0.497 e. The highest BCUT2D eigenvalue weighted by Crippen LogP contribution is 2.62. The minimum absolute atomic E-state index is 0.388.